The molecule has 0 aliphatic heterocycles. The van der Waals surface area contributed by atoms with Gasteiger partial charge in [0.2, 0.25) is 0 Å². The van der Waals surface area contributed by atoms with Crippen LogP contribution >= 0.6 is 0 Å². The number of aromatic amines is 2. The van der Waals surface area contributed by atoms with Crippen molar-refractivity contribution in [3.05, 3.63) is 48.2 Å². The molecular formula is C13H10N4O2. The van der Waals surface area contributed by atoms with Crippen molar-refractivity contribution in [2.75, 3.05) is 0 Å². The maximum atomic E-state index is 11.0. The number of nitrogens with one attached hydrogen (secondary N) is 2. The van der Waals surface area contributed by atoms with Crippen molar-refractivity contribution in [3.63, 3.8) is 0 Å². The van der Waals surface area contributed by atoms with Crippen LogP contribution in [0.3, 0.4) is 0 Å². The Morgan fingerprint density at radius 1 is 1.16 bits per heavy atom. The van der Waals surface area contributed by atoms with Gasteiger partial charge in [-0.15, -0.1) is 0 Å². The highest BCUT2D eigenvalue weighted by molar-refractivity contribution is 5.94. The van der Waals surface area contributed by atoms with E-state index in [9.17, 15) is 4.79 Å². The van der Waals surface area contributed by atoms with Crippen LogP contribution in [-0.2, 0) is 0 Å². The van der Waals surface area contributed by atoms with Crippen LogP contribution in [-0.4, -0.2) is 31.5 Å². The molecule has 6 nitrogen and oxygen atoms in total. The molecule has 0 bridgehead atoms. The van der Waals surface area contributed by atoms with Crippen LogP contribution in [0, 0.1) is 0 Å². The molecule has 0 saturated carbocycles. The molecule has 2 aromatic heterocycles. The van der Waals surface area contributed by atoms with E-state index in [0.717, 1.165) is 11.3 Å². The summed E-state index contributed by atoms with van der Waals surface area (Å²) >= 11 is 0. The number of aromatic carboxylic acids is 1. The Labute approximate surface area is 108 Å². The van der Waals surface area contributed by atoms with Gasteiger partial charge in [-0.05, 0) is 6.07 Å². The second kappa shape index (κ2) is 4.41. The summed E-state index contributed by atoms with van der Waals surface area (Å²) in [5.41, 5.74) is 2.84. The topological polar surface area (TPSA) is 94.7 Å². The van der Waals surface area contributed by atoms with Gasteiger partial charge >= 0.3 is 5.97 Å². The van der Waals surface area contributed by atoms with E-state index < -0.39 is 5.97 Å². The van der Waals surface area contributed by atoms with Crippen molar-refractivity contribution in [3.8, 4) is 22.6 Å². The number of carboxylic acids is 1. The van der Waals surface area contributed by atoms with Gasteiger partial charge < -0.3 is 5.11 Å². The molecule has 0 atom stereocenters. The predicted molar refractivity (Wildman–Crippen MR) is 68.6 cm³/mol. The molecule has 3 N–H and O–H groups in total. The van der Waals surface area contributed by atoms with E-state index in [2.05, 4.69) is 20.4 Å². The largest absolute Gasteiger partial charge is 0.478 e. The van der Waals surface area contributed by atoms with Crippen molar-refractivity contribution in [1.82, 2.24) is 20.4 Å². The molecule has 0 saturated heterocycles. The molecule has 0 amide bonds. The van der Waals surface area contributed by atoms with Gasteiger partial charge in [0, 0.05) is 5.56 Å². The molecule has 19 heavy (non-hydrogen) atoms. The number of aromatic nitrogens is 4. The van der Waals surface area contributed by atoms with E-state index in [1.54, 1.807) is 6.07 Å². The molecule has 0 unspecified atom stereocenters. The predicted octanol–water partition coefficient (Wildman–Crippen LogP) is 2.16. The molecule has 0 radical (unpaired) electrons. The highest BCUT2D eigenvalue weighted by Crippen LogP contribution is 2.24. The van der Waals surface area contributed by atoms with Crippen molar-refractivity contribution in [2.45, 2.75) is 0 Å². The fourth-order valence-electron chi connectivity index (χ4n) is 1.86. The highest BCUT2D eigenvalue weighted by atomic mass is 16.4. The van der Waals surface area contributed by atoms with E-state index in [0.29, 0.717) is 11.4 Å². The van der Waals surface area contributed by atoms with Crippen molar-refractivity contribution in [2.24, 2.45) is 0 Å². The average Bonchev–Trinajstić information content (AvgIpc) is 3.08. The van der Waals surface area contributed by atoms with Crippen molar-refractivity contribution in [1.29, 1.82) is 0 Å². The number of benzene rings is 1. The highest BCUT2D eigenvalue weighted by Gasteiger charge is 2.16. The van der Waals surface area contributed by atoms with Crippen LogP contribution in [0.4, 0.5) is 0 Å². The van der Waals surface area contributed by atoms with Gasteiger partial charge in [0.05, 0.1) is 23.3 Å². The first-order valence-electron chi connectivity index (χ1n) is 5.63. The Hall–Kier alpha value is -2.89. The van der Waals surface area contributed by atoms with Crippen LogP contribution in [0.15, 0.2) is 42.6 Å². The first kappa shape index (κ1) is 11.2. The fraction of sp³-hybridized carbons (Fsp3) is 0. The van der Waals surface area contributed by atoms with Gasteiger partial charge in [0.25, 0.3) is 0 Å². The van der Waals surface area contributed by atoms with Gasteiger partial charge in [0.15, 0.2) is 0 Å². The van der Waals surface area contributed by atoms with Crippen LogP contribution in [0.1, 0.15) is 10.4 Å². The van der Waals surface area contributed by atoms with Gasteiger partial charge in [-0.2, -0.15) is 10.2 Å². The zero-order valence-corrected chi connectivity index (χ0v) is 9.79. The van der Waals surface area contributed by atoms with Gasteiger partial charge in [-0.25, -0.2) is 4.79 Å². The second-order valence-corrected chi connectivity index (χ2v) is 4.00. The maximum Gasteiger partial charge on any atom is 0.339 e. The minimum atomic E-state index is -1.03. The molecule has 1 aromatic carbocycles. The van der Waals surface area contributed by atoms with E-state index in [1.807, 2.05) is 30.3 Å². The normalized spacial score (nSPS) is 10.5. The summed E-state index contributed by atoms with van der Waals surface area (Å²) in [5.74, 6) is -1.03. The summed E-state index contributed by atoms with van der Waals surface area (Å²) in [4.78, 5) is 11.0. The zero-order valence-electron chi connectivity index (χ0n) is 9.79. The molecular weight excluding hydrogens is 244 g/mol. The second-order valence-electron chi connectivity index (χ2n) is 4.00. The van der Waals surface area contributed by atoms with E-state index in [1.165, 1.54) is 6.20 Å². The standard InChI is InChI=1S/C13H10N4O2/c18-13(19)9-7-14-17-12(9)11-6-10(15-16-11)8-4-2-1-3-5-8/h1-7H,(H,14,17)(H,15,16)(H,18,19). The summed E-state index contributed by atoms with van der Waals surface area (Å²) in [7, 11) is 0. The number of nitrogens with zero attached hydrogens (tertiary/aromatic N) is 2. The van der Waals surface area contributed by atoms with Crippen LogP contribution < -0.4 is 0 Å². The van der Waals surface area contributed by atoms with Crippen LogP contribution in [0.2, 0.25) is 0 Å². The number of hydrogen-bond donors (Lipinski definition) is 3. The molecule has 6 heteroatoms. The summed E-state index contributed by atoms with van der Waals surface area (Å²) in [6.45, 7) is 0. The fourth-order valence-corrected chi connectivity index (χ4v) is 1.86. The molecule has 3 aromatic rings. The Morgan fingerprint density at radius 2 is 1.95 bits per heavy atom. The first-order valence-corrected chi connectivity index (χ1v) is 5.63. The molecule has 0 aliphatic rings. The van der Waals surface area contributed by atoms with Gasteiger partial charge in [-0.3, -0.25) is 10.2 Å². The Balaban J connectivity index is 2.02. The first-order chi connectivity index (χ1) is 9.25. The van der Waals surface area contributed by atoms with Crippen LogP contribution in [0.25, 0.3) is 22.6 Å². The summed E-state index contributed by atoms with van der Waals surface area (Å²) in [6, 6.07) is 11.4. The molecule has 2 heterocycles. The Morgan fingerprint density at radius 3 is 2.68 bits per heavy atom. The monoisotopic (exact) mass is 254 g/mol. The molecule has 0 aliphatic carbocycles. The van der Waals surface area contributed by atoms with Gasteiger partial charge in [0.1, 0.15) is 5.56 Å². The summed E-state index contributed by atoms with van der Waals surface area (Å²) in [5, 5.41) is 22.5. The van der Waals surface area contributed by atoms with E-state index >= 15 is 0 Å². The minimum Gasteiger partial charge on any atom is -0.478 e. The van der Waals surface area contributed by atoms with E-state index in [-0.39, 0.29) is 5.56 Å². The quantitative estimate of drug-likeness (QED) is 0.667. The maximum absolute atomic E-state index is 11.0. The molecule has 0 fully saturated rings. The summed E-state index contributed by atoms with van der Waals surface area (Å²) in [6.07, 6.45) is 1.28. The SMILES string of the molecule is O=C(O)c1cn[nH]c1-c1cc(-c2ccccc2)n[nH]1. The number of carboxylic acid groups (broad SMARTS) is 1. The number of hydrogen-bond acceptors (Lipinski definition) is 3. The third-order valence-electron chi connectivity index (χ3n) is 2.79. The van der Waals surface area contributed by atoms with E-state index in [4.69, 9.17) is 5.11 Å². The molecule has 94 valence electrons. The Kier molecular flexibility index (Phi) is 2.60. The van der Waals surface area contributed by atoms with Crippen molar-refractivity contribution < 1.29 is 9.90 Å². The lowest BCUT2D eigenvalue weighted by molar-refractivity contribution is 0.0698. The van der Waals surface area contributed by atoms with Crippen LogP contribution in [0.5, 0.6) is 0 Å². The average molecular weight is 254 g/mol. The zero-order chi connectivity index (χ0) is 13.2. The number of rotatable bonds is 3. The smallest absolute Gasteiger partial charge is 0.339 e. The minimum absolute atomic E-state index is 0.114. The summed E-state index contributed by atoms with van der Waals surface area (Å²) < 4.78 is 0. The number of carbonyl (C=O) groups is 1. The van der Waals surface area contributed by atoms with Gasteiger partial charge in [-0.1, -0.05) is 30.3 Å². The van der Waals surface area contributed by atoms with Crippen molar-refractivity contribution >= 4 is 5.97 Å². The lowest BCUT2D eigenvalue weighted by Crippen LogP contribution is -1.96. The third-order valence-corrected chi connectivity index (χ3v) is 2.79. The Bertz CT molecular complexity index is 715. The lowest BCUT2D eigenvalue weighted by Gasteiger charge is -1.94. The third kappa shape index (κ3) is 1.99. The lowest BCUT2D eigenvalue weighted by atomic mass is 10.1. The molecule has 0 spiro atoms. The number of H-pyrrole nitrogens is 2. The molecule has 3 rings (SSSR count).